The Hall–Kier alpha value is -1.96. The van der Waals surface area contributed by atoms with Crippen LogP contribution in [-0.2, 0) is 6.54 Å². The molecule has 0 saturated heterocycles. The first kappa shape index (κ1) is 15.0. The van der Waals surface area contributed by atoms with Crippen molar-refractivity contribution >= 4 is 5.69 Å². The Morgan fingerprint density at radius 2 is 1.68 bits per heavy atom. The monoisotopic (exact) mass is 295 g/mol. The van der Waals surface area contributed by atoms with Crippen LogP contribution < -0.4 is 10.1 Å². The highest BCUT2D eigenvalue weighted by Gasteiger charge is 2.16. The van der Waals surface area contributed by atoms with E-state index in [-0.39, 0.29) is 0 Å². The maximum Gasteiger partial charge on any atom is 0.120 e. The molecule has 0 aromatic heterocycles. The van der Waals surface area contributed by atoms with Gasteiger partial charge in [0.05, 0.1) is 6.10 Å². The molecule has 3 rings (SSSR count). The molecule has 0 spiro atoms. The minimum absolute atomic E-state index is 0.418. The SMILES string of the molecule is Cc1cccc(C)c1NCc1cccc(OC2CCCC2)c1. The lowest BCUT2D eigenvalue weighted by Gasteiger charge is -2.15. The van der Waals surface area contributed by atoms with Gasteiger partial charge in [-0.25, -0.2) is 0 Å². The lowest BCUT2D eigenvalue weighted by molar-refractivity contribution is 0.210. The minimum Gasteiger partial charge on any atom is -0.490 e. The van der Waals surface area contributed by atoms with Gasteiger partial charge in [0.2, 0.25) is 0 Å². The van der Waals surface area contributed by atoms with E-state index >= 15 is 0 Å². The molecule has 1 aliphatic carbocycles. The van der Waals surface area contributed by atoms with Crippen molar-refractivity contribution in [3.8, 4) is 5.75 Å². The van der Waals surface area contributed by atoms with E-state index in [2.05, 4.69) is 61.6 Å². The van der Waals surface area contributed by atoms with E-state index in [1.807, 2.05) is 0 Å². The Balaban J connectivity index is 1.65. The summed E-state index contributed by atoms with van der Waals surface area (Å²) in [6.45, 7) is 5.12. The zero-order valence-corrected chi connectivity index (χ0v) is 13.6. The number of para-hydroxylation sites is 1. The molecule has 116 valence electrons. The lowest BCUT2D eigenvalue weighted by Crippen LogP contribution is -2.11. The number of hydrogen-bond acceptors (Lipinski definition) is 2. The molecule has 0 radical (unpaired) electrons. The van der Waals surface area contributed by atoms with Gasteiger partial charge in [-0.1, -0.05) is 30.3 Å². The second-order valence-electron chi connectivity index (χ2n) is 6.29. The first-order valence-corrected chi connectivity index (χ1v) is 8.28. The summed E-state index contributed by atoms with van der Waals surface area (Å²) in [5.74, 6) is 1.01. The number of rotatable bonds is 5. The van der Waals surface area contributed by atoms with Crippen molar-refractivity contribution in [1.29, 1.82) is 0 Å². The van der Waals surface area contributed by atoms with E-state index in [1.54, 1.807) is 0 Å². The Bertz CT molecular complexity index is 609. The smallest absolute Gasteiger partial charge is 0.120 e. The molecule has 0 aliphatic heterocycles. The van der Waals surface area contributed by atoms with Crippen molar-refractivity contribution in [1.82, 2.24) is 0 Å². The summed E-state index contributed by atoms with van der Waals surface area (Å²) in [4.78, 5) is 0. The fourth-order valence-electron chi connectivity index (χ4n) is 3.21. The molecule has 2 heteroatoms. The average Bonchev–Trinajstić information content (AvgIpc) is 3.00. The maximum atomic E-state index is 6.09. The number of ether oxygens (including phenoxy) is 1. The summed E-state index contributed by atoms with van der Waals surface area (Å²) in [6.07, 6.45) is 5.43. The molecule has 1 fully saturated rings. The predicted molar refractivity (Wildman–Crippen MR) is 92.6 cm³/mol. The third-order valence-electron chi connectivity index (χ3n) is 4.45. The molecule has 0 amide bonds. The molecule has 2 aromatic carbocycles. The molecule has 1 saturated carbocycles. The maximum absolute atomic E-state index is 6.09. The van der Waals surface area contributed by atoms with Crippen molar-refractivity contribution in [2.75, 3.05) is 5.32 Å². The van der Waals surface area contributed by atoms with E-state index in [1.165, 1.54) is 48.1 Å². The van der Waals surface area contributed by atoms with Gasteiger partial charge in [-0.3, -0.25) is 0 Å². The Labute approximate surface area is 133 Å². The summed E-state index contributed by atoms with van der Waals surface area (Å²) < 4.78 is 6.09. The van der Waals surface area contributed by atoms with Crippen LogP contribution in [0.15, 0.2) is 42.5 Å². The summed E-state index contributed by atoms with van der Waals surface area (Å²) in [5, 5.41) is 3.56. The topological polar surface area (TPSA) is 21.3 Å². The van der Waals surface area contributed by atoms with Crippen LogP contribution in [0, 0.1) is 13.8 Å². The first-order chi connectivity index (χ1) is 10.7. The molecule has 0 heterocycles. The number of hydrogen-bond donors (Lipinski definition) is 1. The highest BCUT2D eigenvalue weighted by Crippen LogP contribution is 2.25. The standard InChI is InChI=1S/C20H25NO/c1-15-7-5-8-16(2)20(15)21-14-17-9-6-12-19(13-17)22-18-10-3-4-11-18/h5-9,12-13,18,21H,3-4,10-11,14H2,1-2H3. The number of anilines is 1. The molecule has 0 bridgehead atoms. The van der Waals surface area contributed by atoms with Crippen LogP contribution in [0.25, 0.3) is 0 Å². The molecule has 22 heavy (non-hydrogen) atoms. The van der Waals surface area contributed by atoms with Crippen molar-refractivity contribution in [3.63, 3.8) is 0 Å². The predicted octanol–water partition coefficient (Wildman–Crippen LogP) is 5.24. The second kappa shape index (κ2) is 6.87. The number of aryl methyl sites for hydroxylation is 2. The summed E-state index contributed by atoms with van der Waals surface area (Å²) in [5.41, 5.74) is 5.08. The van der Waals surface area contributed by atoms with Crippen LogP contribution in [0.3, 0.4) is 0 Å². The molecular weight excluding hydrogens is 270 g/mol. The molecule has 2 nitrogen and oxygen atoms in total. The second-order valence-corrected chi connectivity index (χ2v) is 6.29. The quantitative estimate of drug-likeness (QED) is 0.814. The van der Waals surface area contributed by atoms with Crippen molar-refractivity contribution < 1.29 is 4.74 Å². The van der Waals surface area contributed by atoms with E-state index in [4.69, 9.17) is 4.74 Å². The molecular formula is C20H25NO. The van der Waals surface area contributed by atoms with Crippen LogP contribution in [-0.4, -0.2) is 6.10 Å². The minimum atomic E-state index is 0.418. The largest absolute Gasteiger partial charge is 0.490 e. The van der Waals surface area contributed by atoms with Crippen molar-refractivity contribution in [2.24, 2.45) is 0 Å². The van der Waals surface area contributed by atoms with Gasteiger partial charge in [-0.2, -0.15) is 0 Å². The Kier molecular flexibility index (Phi) is 4.67. The zero-order valence-electron chi connectivity index (χ0n) is 13.6. The Morgan fingerprint density at radius 1 is 1.00 bits per heavy atom. The molecule has 1 aliphatic rings. The van der Waals surface area contributed by atoms with Crippen LogP contribution in [0.1, 0.15) is 42.4 Å². The van der Waals surface area contributed by atoms with Gasteiger partial charge >= 0.3 is 0 Å². The highest BCUT2D eigenvalue weighted by molar-refractivity contribution is 5.56. The van der Waals surface area contributed by atoms with Gasteiger partial charge in [0.25, 0.3) is 0 Å². The van der Waals surface area contributed by atoms with E-state index < -0.39 is 0 Å². The Morgan fingerprint density at radius 3 is 2.41 bits per heavy atom. The first-order valence-electron chi connectivity index (χ1n) is 8.28. The van der Waals surface area contributed by atoms with E-state index in [0.29, 0.717) is 6.10 Å². The zero-order chi connectivity index (χ0) is 15.4. The normalized spacial score (nSPS) is 15.0. The van der Waals surface area contributed by atoms with Gasteiger partial charge < -0.3 is 10.1 Å². The molecule has 2 aromatic rings. The highest BCUT2D eigenvalue weighted by atomic mass is 16.5. The number of nitrogens with one attached hydrogen (secondary N) is 1. The van der Waals surface area contributed by atoms with Crippen molar-refractivity contribution in [3.05, 3.63) is 59.2 Å². The number of benzene rings is 2. The average molecular weight is 295 g/mol. The van der Waals surface area contributed by atoms with E-state index in [0.717, 1.165) is 12.3 Å². The van der Waals surface area contributed by atoms with Crippen LogP contribution in [0.2, 0.25) is 0 Å². The van der Waals surface area contributed by atoms with Gasteiger partial charge in [-0.15, -0.1) is 0 Å². The van der Waals surface area contributed by atoms with Gasteiger partial charge in [0.15, 0.2) is 0 Å². The van der Waals surface area contributed by atoms with E-state index in [9.17, 15) is 0 Å². The van der Waals surface area contributed by atoms with Gasteiger partial charge in [0, 0.05) is 12.2 Å². The van der Waals surface area contributed by atoms with Gasteiger partial charge in [0.1, 0.15) is 5.75 Å². The van der Waals surface area contributed by atoms with Crippen molar-refractivity contribution in [2.45, 2.75) is 52.2 Å². The van der Waals surface area contributed by atoms with Gasteiger partial charge in [-0.05, 0) is 68.4 Å². The lowest BCUT2D eigenvalue weighted by atomic mass is 10.1. The summed E-state index contributed by atoms with van der Waals surface area (Å²) >= 11 is 0. The fourth-order valence-corrected chi connectivity index (χ4v) is 3.21. The van der Waals surface area contributed by atoms with Crippen LogP contribution >= 0.6 is 0 Å². The fraction of sp³-hybridized carbons (Fsp3) is 0.400. The molecule has 1 N–H and O–H groups in total. The third kappa shape index (κ3) is 3.62. The van der Waals surface area contributed by atoms with Crippen LogP contribution in [0.4, 0.5) is 5.69 Å². The molecule has 0 atom stereocenters. The molecule has 0 unspecified atom stereocenters. The third-order valence-corrected chi connectivity index (χ3v) is 4.45. The van der Waals surface area contributed by atoms with Crippen LogP contribution in [0.5, 0.6) is 5.75 Å². The summed E-state index contributed by atoms with van der Waals surface area (Å²) in [7, 11) is 0. The summed E-state index contributed by atoms with van der Waals surface area (Å²) in [6, 6.07) is 14.9.